The van der Waals surface area contributed by atoms with Crippen LogP contribution in [0.3, 0.4) is 0 Å². The van der Waals surface area contributed by atoms with Gasteiger partial charge in [0, 0.05) is 19.2 Å². The Morgan fingerprint density at radius 2 is 2.04 bits per heavy atom. The molecule has 25 heavy (non-hydrogen) atoms. The fraction of sp³-hybridized carbons (Fsp3) is 0.474. The van der Waals surface area contributed by atoms with Gasteiger partial charge in [-0.25, -0.2) is 0 Å². The maximum Gasteiger partial charge on any atom is 0.265 e. The number of aromatic nitrogens is 1. The first-order chi connectivity index (χ1) is 12.2. The number of hydrogen-bond donors (Lipinski definition) is 0. The van der Waals surface area contributed by atoms with Crippen LogP contribution in [-0.4, -0.2) is 41.7 Å². The van der Waals surface area contributed by atoms with E-state index in [0.29, 0.717) is 13.1 Å². The lowest BCUT2D eigenvalue weighted by Crippen LogP contribution is -2.51. The maximum absolute atomic E-state index is 12.9. The molecule has 0 N–H and O–H groups in total. The molecule has 0 radical (unpaired) electrons. The summed E-state index contributed by atoms with van der Waals surface area (Å²) >= 11 is 0. The number of hydrogen-bond acceptors (Lipinski definition) is 5. The molecule has 0 saturated carbocycles. The van der Waals surface area contributed by atoms with Crippen molar-refractivity contribution >= 4 is 11.6 Å². The number of nitrogens with zero attached hydrogens (tertiary/aromatic N) is 3. The summed E-state index contributed by atoms with van der Waals surface area (Å²) in [5, 5.41) is 4.09. The minimum atomic E-state index is -0.471. The normalized spacial score (nSPS) is 20.1. The molecule has 2 aliphatic heterocycles. The minimum Gasteiger partial charge on any atom is -0.477 e. The SMILES string of the molecule is Cc1cc(CN2CC(C(=O)N3CCCCC3)Oc3ccccc32)no1. The number of para-hydroxylation sites is 2. The lowest BCUT2D eigenvalue weighted by Gasteiger charge is -2.38. The highest BCUT2D eigenvalue weighted by atomic mass is 16.5. The zero-order chi connectivity index (χ0) is 17.2. The number of likely N-dealkylation sites (tertiary alicyclic amines) is 1. The third-order valence-electron chi connectivity index (χ3n) is 4.83. The molecular weight excluding hydrogens is 318 g/mol. The predicted molar refractivity (Wildman–Crippen MR) is 93.6 cm³/mol. The number of amides is 1. The molecule has 1 aromatic carbocycles. The maximum atomic E-state index is 12.9. The molecule has 1 aromatic heterocycles. The second-order valence-corrected chi connectivity index (χ2v) is 6.77. The molecule has 2 aliphatic rings. The second-order valence-electron chi connectivity index (χ2n) is 6.77. The Kier molecular flexibility index (Phi) is 4.34. The van der Waals surface area contributed by atoms with Gasteiger partial charge in [-0.3, -0.25) is 4.79 Å². The van der Waals surface area contributed by atoms with Crippen molar-refractivity contribution < 1.29 is 14.1 Å². The first-order valence-electron chi connectivity index (χ1n) is 8.92. The molecular formula is C19H23N3O3. The van der Waals surface area contributed by atoms with Gasteiger partial charge in [0.05, 0.1) is 18.8 Å². The van der Waals surface area contributed by atoms with E-state index in [2.05, 4.69) is 10.1 Å². The van der Waals surface area contributed by atoms with Crippen LogP contribution in [0.2, 0.25) is 0 Å². The highest BCUT2D eigenvalue weighted by Gasteiger charge is 2.34. The number of piperidine rings is 1. The third kappa shape index (κ3) is 3.34. The van der Waals surface area contributed by atoms with Crippen molar-refractivity contribution in [2.24, 2.45) is 0 Å². The standard InChI is InChI=1S/C19H23N3O3/c1-14-11-15(20-25-14)12-22-13-18(19(23)21-9-5-2-6-10-21)24-17-8-4-3-7-16(17)22/h3-4,7-8,11,18H,2,5-6,9-10,12-13H2,1H3. The molecule has 132 valence electrons. The number of aryl methyl sites for hydroxylation is 1. The van der Waals surface area contributed by atoms with Gasteiger partial charge in [-0.1, -0.05) is 17.3 Å². The van der Waals surface area contributed by atoms with Crippen LogP contribution >= 0.6 is 0 Å². The van der Waals surface area contributed by atoms with Gasteiger partial charge in [0.15, 0.2) is 6.10 Å². The summed E-state index contributed by atoms with van der Waals surface area (Å²) in [6.45, 7) is 4.68. The number of carbonyl (C=O) groups is 1. The van der Waals surface area contributed by atoms with E-state index in [1.165, 1.54) is 6.42 Å². The zero-order valence-corrected chi connectivity index (χ0v) is 14.5. The van der Waals surface area contributed by atoms with E-state index < -0.39 is 6.10 Å². The zero-order valence-electron chi connectivity index (χ0n) is 14.5. The van der Waals surface area contributed by atoms with Crippen LogP contribution in [0.25, 0.3) is 0 Å². The minimum absolute atomic E-state index is 0.0931. The molecule has 4 rings (SSSR count). The lowest BCUT2D eigenvalue weighted by atomic mass is 10.1. The van der Waals surface area contributed by atoms with Gasteiger partial charge in [0.1, 0.15) is 17.2 Å². The monoisotopic (exact) mass is 341 g/mol. The summed E-state index contributed by atoms with van der Waals surface area (Å²) in [4.78, 5) is 17.0. The number of ether oxygens (including phenoxy) is 1. The van der Waals surface area contributed by atoms with E-state index >= 15 is 0 Å². The third-order valence-corrected chi connectivity index (χ3v) is 4.83. The van der Waals surface area contributed by atoms with Crippen molar-refractivity contribution in [2.45, 2.75) is 38.8 Å². The fourth-order valence-corrected chi connectivity index (χ4v) is 3.59. The van der Waals surface area contributed by atoms with Crippen LogP contribution < -0.4 is 9.64 Å². The van der Waals surface area contributed by atoms with Crippen LogP contribution in [0.1, 0.15) is 30.7 Å². The van der Waals surface area contributed by atoms with Gasteiger partial charge in [-0.15, -0.1) is 0 Å². The molecule has 0 aliphatic carbocycles. The largest absolute Gasteiger partial charge is 0.477 e. The molecule has 1 amide bonds. The van der Waals surface area contributed by atoms with Crippen LogP contribution in [0.4, 0.5) is 5.69 Å². The Hall–Kier alpha value is -2.50. The summed E-state index contributed by atoms with van der Waals surface area (Å²) in [5.41, 5.74) is 1.85. The summed E-state index contributed by atoms with van der Waals surface area (Å²) in [6.07, 6.45) is 2.89. The van der Waals surface area contributed by atoms with E-state index in [9.17, 15) is 4.79 Å². The Morgan fingerprint density at radius 3 is 2.80 bits per heavy atom. The Balaban J connectivity index is 1.56. The topological polar surface area (TPSA) is 58.8 Å². The van der Waals surface area contributed by atoms with Crippen molar-refractivity contribution in [3.05, 3.63) is 41.8 Å². The van der Waals surface area contributed by atoms with E-state index in [1.54, 1.807) is 0 Å². The Bertz CT molecular complexity index is 752. The molecule has 2 aromatic rings. The molecule has 1 saturated heterocycles. The summed E-state index contributed by atoms with van der Waals surface area (Å²) < 4.78 is 11.2. The van der Waals surface area contributed by atoms with Crippen LogP contribution in [-0.2, 0) is 11.3 Å². The van der Waals surface area contributed by atoms with Gasteiger partial charge in [-0.2, -0.15) is 0 Å². The van der Waals surface area contributed by atoms with Crippen molar-refractivity contribution in [2.75, 3.05) is 24.5 Å². The molecule has 6 nitrogen and oxygen atoms in total. The number of carbonyl (C=O) groups excluding carboxylic acids is 1. The quantitative estimate of drug-likeness (QED) is 0.859. The van der Waals surface area contributed by atoms with Crippen molar-refractivity contribution in [1.29, 1.82) is 0 Å². The van der Waals surface area contributed by atoms with E-state index in [-0.39, 0.29) is 5.91 Å². The smallest absolute Gasteiger partial charge is 0.265 e. The average Bonchev–Trinajstić information content (AvgIpc) is 3.06. The molecule has 1 unspecified atom stereocenters. The van der Waals surface area contributed by atoms with Gasteiger partial charge < -0.3 is 19.1 Å². The van der Waals surface area contributed by atoms with Crippen LogP contribution in [0.15, 0.2) is 34.9 Å². The molecule has 1 fully saturated rings. The van der Waals surface area contributed by atoms with E-state index in [4.69, 9.17) is 9.26 Å². The summed E-state index contributed by atoms with van der Waals surface area (Å²) in [5.74, 6) is 1.64. The number of benzene rings is 1. The van der Waals surface area contributed by atoms with Crippen LogP contribution in [0, 0.1) is 6.92 Å². The highest BCUT2D eigenvalue weighted by Crippen LogP contribution is 2.34. The van der Waals surface area contributed by atoms with Gasteiger partial charge >= 0.3 is 0 Å². The van der Waals surface area contributed by atoms with E-state index in [0.717, 1.165) is 48.8 Å². The van der Waals surface area contributed by atoms with Gasteiger partial charge in [0.25, 0.3) is 5.91 Å². The summed E-state index contributed by atoms with van der Waals surface area (Å²) in [6, 6.07) is 9.79. The lowest BCUT2D eigenvalue weighted by molar-refractivity contribution is -0.139. The number of anilines is 1. The van der Waals surface area contributed by atoms with Gasteiger partial charge in [0.2, 0.25) is 0 Å². The van der Waals surface area contributed by atoms with Crippen molar-refractivity contribution in [3.8, 4) is 5.75 Å². The number of rotatable bonds is 3. The Labute approximate surface area is 147 Å². The fourth-order valence-electron chi connectivity index (χ4n) is 3.59. The van der Waals surface area contributed by atoms with E-state index in [1.807, 2.05) is 42.2 Å². The number of fused-ring (bicyclic) bond motifs is 1. The average molecular weight is 341 g/mol. The summed E-state index contributed by atoms with van der Waals surface area (Å²) in [7, 11) is 0. The first-order valence-corrected chi connectivity index (χ1v) is 8.92. The predicted octanol–water partition coefficient (Wildman–Crippen LogP) is 2.76. The van der Waals surface area contributed by atoms with Crippen LogP contribution in [0.5, 0.6) is 5.75 Å². The second kappa shape index (κ2) is 6.78. The van der Waals surface area contributed by atoms with Gasteiger partial charge in [-0.05, 0) is 38.3 Å². The molecule has 1 atom stereocenters. The van der Waals surface area contributed by atoms with Crippen molar-refractivity contribution in [1.82, 2.24) is 10.1 Å². The van der Waals surface area contributed by atoms with Crippen molar-refractivity contribution in [3.63, 3.8) is 0 Å². The first kappa shape index (κ1) is 16.0. The molecule has 6 heteroatoms. The Morgan fingerprint density at radius 1 is 1.24 bits per heavy atom. The highest BCUT2D eigenvalue weighted by molar-refractivity contribution is 5.83. The molecule has 0 spiro atoms. The molecule has 3 heterocycles. The molecule has 0 bridgehead atoms.